The molecule has 0 amide bonds. The van der Waals surface area contributed by atoms with Crippen LogP contribution in [0, 0.1) is 0 Å². The second-order valence-corrected chi connectivity index (χ2v) is 5.04. The van der Waals surface area contributed by atoms with Gasteiger partial charge >= 0.3 is 0 Å². The first-order valence-electron chi connectivity index (χ1n) is 3.76. The van der Waals surface area contributed by atoms with Crippen LogP contribution in [-0.2, 0) is 9.84 Å². The Kier molecular flexibility index (Phi) is 4.71. The summed E-state index contributed by atoms with van der Waals surface area (Å²) in [5, 5.41) is 2.81. The molecule has 0 aromatic carbocycles. The maximum absolute atomic E-state index is 10.9. The largest absolute Gasteiger partial charge is 0.352 e. The first-order valence-corrected chi connectivity index (χ1v) is 5.82. The fraction of sp³-hybridized carbons (Fsp3) is 0.833. The number of nitrogens with two attached hydrogens (primary N) is 1. The lowest BCUT2D eigenvalue weighted by atomic mass is 10.4. The molecule has 0 bridgehead atoms. The van der Waals surface area contributed by atoms with Crippen molar-refractivity contribution in [3.8, 4) is 0 Å². The van der Waals surface area contributed by atoms with E-state index in [0.29, 0.717) is 5.96 Å². The van der Waals surface area contributed by atoms with E-state index in [1.165, 1.54) is 6.26 Å². The smallest absolute Gasteiger partial charge is 0.205 e. The third-order valence-electron chi connectivity index (χ3n) is 1.30. The van der Waals surface area contributed by atoms with Gasteiger partial charge in [-0.1, -0.05) is 0 Å². The van der Waals surface area contributed by atoms with E-state index in [0.717, 1.165) is 0 Å². The van der Waals surface area contributed by atoms with E-state index < -0.39 is 9.84 Å². The van der Waals surface area contributed by atoms with Crippen LogP contribution in [0.3, 0.4) is 0 Å². The first-order chi connectivity index (χ1) is 5.89. The molecule has 0 heterocycles. The summed E-state index contributed by atoms with van der Waals surface area (Å²) >= 11 is 0. The van der Waals surface area contributed by atoms with Gasteiger partial charge in [0.05, 0.1) is 5.75 Å². The monoisotopic (exact) mass is 208 g/mol. The van der Waals surface area contributed by atoms with E-state index in [4.69, 9.17) is 5.84 Å². The topological polar surface area (TPSA) is 96.6 Å². The lowest BCUT2D eigenvalue weighted by Crippen LogP contribution is -2.47. The highest BCUT2D eigenvalue weighted by Crippen LogP contribution is 1.89. The molecule has 4 N–H and O–H groups in total. The number of nitrogens with zero attached hydrogens (tertiary/aromatic N) is 1. The molecule has 0 aliphatic carbocycles. The number of hydrogen-bond acceptors (Lipinski definition) is 4. The van der Waals surface area contributed by atoms with Gasteiger partial charge in [0.1, 0.15) is 9.84 Å². The average Bonchev–Trinajstić information content (AvgIpc) is 1.96. The molecular weight excluding hydrogens is 192 g/mol. The lowest BCUT2D eigenvalue weighted by molar-refractivity contribution is 0.589. The fourth-order valence-corrected chi connectivity index (χ4v) is 1.89. The van der Waals surface area contributed by atoms with Crippen molar-refractivity contribution >= 4 is 15.8 Å². The highest BCUT2D eigenvalue weighted by molar-refractivity contribution is 7.90. The minimum absolute atomic E-state index is 0.0493. The van der Waals surface area contributed by atoms with Crippen LogP contribution in [0.2, 0.25) is 0 Å². The van der Waals surface area contributed by atoms with Crippen LogP contribution in [0.25, 0.3) is 0 Å². The zero-order valence-electron chi connectivity index (χ0n) is 8.03. The van der Waals surface area contributed by atoms with Crippen LogP contribution < -0.4 is 16.6 Å². The van der Waals surface area contributed by atoms with Crippen molar-refractivity contribution in [3.05, 3.63) is 0 Å². The highest BCUT2D eigenvalue weighted by Gasteiger charge is 2.10. The number of aliphatic imine (C=N–C) groups is 1. The van der Waals surface area contributed by atoms with Crippen molar-refractivity contribution in [2.24, 2.45) is 10.8 Å². The quantitative estimate of drug-likeness (QED) is 0.226. The Labute approximate surface area is 78.5 Å². The predicted octanol–water partition coefficient (Wildman–Crippen LogP) is -1.54. The Hall–Kier alpha value is -0.820. The van der Waals surface area contributed by atoms with Gasteiger partial charge in [-0.15, -0.1) is 0 Å². The average molecular weight is 208 g/mol. The molecule has 0 aromatic rings. The molecule has 7 heteroatoms. The fourth-order valence-electron chi connectivity index (χ4n) is 0.900. The number of guanidine groups is 1. The van der Waals surface area contributed by atoms with Crippen LogP contribution in [0.15, 0.2) is 4.99 Å². The standard InChI is InChI=1S/C6H16N4O2S/c1-5(4-13(3,11)12)9-6(8-2)10-7/h5H,4,7H2,1-3H3,(H2,8,9,10). The summed E-state index contributed by atoms with van der Waals surface area (Å²) in [5.41, 5.74) is 2.31. The molecule has 13 heavy (non-hydrogen) atoms. The van der Waals surface area contributed by atoms with E-state index >= 15 is 0 Å². The molecule has 0 aliphatic heterocycles. The number of sulfone groups is 1. The Balaban J connectivity index is 4.09. The molecule has 1 atom stereocenters. The van der Waals surface area contributed by atoms with E-state index in [1.54, 1.807) is 14.0 Å². The van der Waals surface area contributed by atoms with Crippen LogP contribution in [0.5, 0.6) is 0 Å². The SMILES string of the molecule is CN=C(NN)NC(C)CS(C)(=O)=O. The molecule has 0 aliphatic rings. The summed E-state index contributed by atoms with van der Waals surface area (Å²) in [4.78, 5) is 3.75. The minimum atomic E-state index is -2.97. The molecule has 0 saturated heterocycles. The maximum Gasteiger partial charge on any atom is 0.205 e. The van der Waals surface area contributed by atoms with Crippen LogP contribution in [0.4, 0.5) is 0 Å². The van der Waals surface area contributed by atoms with Gasteiger partial charge in [0.25, 0.3) is 0 Å². The maximum atomic E-state index is 10.9. The Bertz CT molecular complexity index is 272. The Morgan fingerprint density at radius 3 is 2.46 bits per heavy atom. The Morgan fingerprint density at radius 1 is 1.62 bits per heavy atom. The molecule has 0 rings (SSSR count). The second kappa shape index (κ2) is 5.03. The van der Waals surface area contributed by atoms with E-state index in [1.807, 2.05) is 0 Å². The van der Waals surface area contributed by atoms with Crippen molar-refractivity contribution in [1.29, 1.82) is 0 Å². The summed E-state index contributed by atoms with van der Waals surface area (Å²) in [5.74, 6) is 5.52. The molecule has 78 valence electrons. The molecule has 6 nitrogen and oxygen atoms in total. The summed E-state index contributed by atoms with van der Waals surface area (Å²) in [6, 6.07) is -0.218. The number of hydrazine groups is 1. The van der Waals surface area contributed by atoms with Gasteiger partial charge in [-0.3, -0.25) is 10.4 Å². The van der Waals surface area contributed by atoms with E-state index in [9.17, 15) is 8.42 Å². The van der Waals surface area contributed by atoms with Crippen molar-refractivity contribution in [1.82, 2.24) is 10.7 Å². The molecule has 0 aromatic heterocycles. The van der Waals surface area contributed by atoms with Crippen LogP contribution in [0.1, 0.15) is 6.92 Å². The van der Waals surface area contributed by atoms with Gasteiger partial charge < -0.3 is 5.32 Å². The number of hydrogen-bond donors (Lipinski definition) is 3. The molecular formula is C6H16N4O2S. The third-order valence-corrected chi connectivity index (χ3v) is 2.40. The lowest BCUT2D eigenvalue weighted by Gasteiger charge is -2.14. The summed E-state index contributed by atoms with van der Waals surface area (Å²) < 4.78 is 21.7. The van der Waals surface area contributed by atoms with Crippen molar-refractivity contribution in [3.63, 3.8) is 0 Å². The van der Waals surface area contributed by atoms with Crippen LogP contribution >= 0.6 is 0 Å². The highest BCUT2D eigenvalue weighted by atomic mass is 32.2. The van der Waals surface area contributed by atoms with E-state index in [-0.39, 0.29) is 11.8 Å². The molecule has 1 unspecified atom stereocenters. The molecule has 0 radical (unpaired) electrons. The summed E-state index contributed by atoms with van der Waals surface area (Å²) in [6.07, 6.45) is 1.18. The predicted molar refractivity (Wildman–Crippen MR) is 53.0 cm³/mol. The second-order valence-electron chi connectivity index (χ2n) is 2.85. The number of nitrogens with one attached hydrogen (secondary N) is 2. The Morgan fingerprint density at radius 2 is 2.15 bits per heavy atom. The molecule has 0 fully saturated rings. The van der Waals surface area contributed by atoms with E-state index in [2.05, 4.69) is 15.7 Å². The van der Waals surface area contributed by atoms with Gasteiger partial charge in [0.15, 0.2) is 0 Å². The van der Waals surface area contributed by atoms with Crippen molar-refractivity contribution < 1.29 is 8.42 Å². The molecule has 0 saturated carbocycles. The zero-order chi connectivity index (χ0) is 10.5. The third kappa shape index (κ3) is 6.35. The van der Waals surface area contributed by atoms with Gasteiger partial charge in [-0.05, 0) is 6.92 Å². The molecule has 0 spiro atoms. The van der Waals surface area contributed by atoms with Gasteiger partial charge in [0.2, 0.25) is 5.96 Å². The van der Waals surface area contributed by atoms with Gasteiger partial charge in [-0.2, -0.15) is 0 Å². The number of rotatable bonds is 3. The zero-order valence-corrected chi connectivity index (χ0v) is 8.85. The minimum Gasteiger partial charge on any atom is -0.352 e. The van der Waals surface area contributed by atoms with Crippen LogP contribution in [-0.4, -0.2) is 39.5 Å². The van der Waals surface area contributed by atoms with Crippen molar-refractivity contribution in [2.45, 2.75) is 13.0 Å². The summed E-state index contributed by atoms with van der Waals surface area (Å²) in [6.45, 7) is 1.74. The van der Waals surface area contributed by atoms with Gasteiger partial charge in [0, 0.05) is 19.3 Å². The summed E-state index contributed by atoms with van der Waals surface area (Å²) in [7, 11) is -1.42. The normalized spacial score (nSPS) is 15.2. The first kappa shape index (κ1) is 12.2. The van der Waals surface area contributed by atoms with Gasteiger partial charge in [-0.25, -0.2) is 14.3 Å². The van der Waals surface area contributed by atoms with Crippen molar-refractivity contribution in [2.75, 3.05) is 19.1 Å².